The molecule has 0 aromatic carbocycles. The fraction of sp³-hybridized carbons (Fsp3) is 0.853. The molecule has 0 unspecified atom stereocenters. The van der Waals surface area contributed by atoms with Crippen LogP contribution in [0.4, 0.5) is 4.79 Å². The molecule has 5 fully saturated rings. The molecule has 47 heavy (non-hydrogen) atoms. The Kier molecular flexibility index (Phi) is 9.82. The number of ketones is 1. The predicted octanol–water partition coefficient (Wildman–Crippen LogP) is 2.60. The monoisotopic (exact) mass is 677 g/mol. The molecule has 4 N–H and O–H groups in total. The Labute approximate surface area is 279 Å². The fourth-order valence-electron chi connectivity index (χ4n) is 8.36. The summed E-state index contributed by atoms with van der Waals surface area (Å²) in [5, 5.41) is 10.9. The largest absolute Gasteiger partial charge is 0.347 e. The number of Topliss-reactive ketones (excluding diaryl/α,β-unsaturated/α-hetero) is 1. The smallest absolute Gasteiger partial charge is 0.315 e. The van der Waals surface area contributed by atoms with Gasteiger partial charge in [-0.25, -0.2) is 13.2 Å². The number of fused-ring (bicyclic) bond motifs is 1. The van der Waals surface area contributed by atoms with Gasteiger partial charge in [-0.05, 0) is 61.2 Å². The minimum absolute atomic E-state index is 0.00934. The van der Waals surface area contributed by atoms with Gasteiger partial charge in [-0.2, -0.15) is 0 Å². The number of nitrogens with one attached hydrogen (secondary N) is 4. The average Bonchev–Trinajstić information content (AvgIpc) is 3.83. The second-order valence-electron chi connectivity index (χ2n) is 16.5. The van der Waals surface area contributed by atoms with E-state index in [4.69, 9.17) is 0 Å². The van der Waals surface area contributed by atoms with Gasteiger partial charge in [0.25, 0.3) is 5.91 Å². The molecule has 5 aliphatic rings. The van der Waals surface area contributed by atoms with Crippen molar-refractivity contribution in [2.45, 2.75) is 147 Å². The lowest BCUT2D eigenvalue weighted by Gasteiger charge is -2.47. The third-order valence-corrected chi connectivity index (χ3v) is 13.9. The number of sulfone groups is 1. The zero-order valence-electron chi connectivity index (χ0n) is 28.9. The number of hydrogen-bond donors (Lipinski definition) is 4. The summed E-state index contributed by atoms with van der Waals surface area (Å²) in [4.78, 5) is 69.5. The second-order valence-corrected chi connectivity index (χ2v) is 18.8. The molecule has 264 valence electrons. The van der Waals surface area contributed by atoms with Crippen LogP contribution in [0, 0.1) is 22.7 Å². The van der Waals surface area contributed by atoms with Crippen LogP contribution in [0.2, 0.25) is 0 Å². The second kappa shape index (κ2) is 13.0. The maximum atomic E-state index is 14.4. The Hall–Kier alpha value is -2.70. The van der Waals surface area contributed by atoms with Crippen molar-refractivity contribution in [2.75, 3.05) is 12.3 Å². The number of rotatable bonds is 12. The van der Waals surface area contributed by atoms with Crippen molar-refractivity contribution in [3.05, 3.63) is 0 Å². The summed E-state index contributed by atoms with van der Waals surface area (Å²) in [6.45, 7) is 12.0. The van der Waals surface area contributed by atoms with Crippen LogP contribution in [0.15, 0.2) is 0 Å². The molecule has 2 heterocycles. The van der Waals surface area contributed by atoms with E-state index in [0.717, 1.165) is 38.5 Å². The molecule has 0 bridgehead atoms. The van der Waals surface area contributed by atoms with E-state index in [-0.39, 0.29) is 29.0 Å². The third kappa shape index (κ3) is 7.20. The molecule has 5 amide bonds. The Morgan fingerprint density at radius 3 is 2.15 bits per heavy atom. The van der Waals surface area contributed by atoms with Crippen molar-refractivity contribution in [3.63, 3.8) is 0 Å². The maximum Gasteiger partial charge on any atom is 0.315 e. The predicted molar refractivity (Wildman–Crippen MR) is 177 cm³/mol. The van der Waals surface area contributed by atoms with Crippen molar-refractivity contribution in [2.24, 2.45) is 22.7 Å². The van der Waals surface area contributed by atoms with Gasteiger partial charge < -0.3 is 26.2 Å². The molecule has 2 aliphatic heterocycles. The minimum atomic E-state index is -3.28. The highest BCUT2D eigenvalue weighted by Crippen LogP contribution is 2.65. The lowest BCUT2D eigenvalue weighted by atomic mass is 9.78. The first kappa shape index (κ1) is 35.6. The lowest BCUT2D eigenvalue weighted by Crippen LogP contribution is -2.67. The number of urea groups is 1. The first-order valence-corrected chi connectivity index (χ1v) is 19.4. The number of carbonyl (C=O) groups is 5. The molecule has 0 aromatic heterocycles. The summed E-state index contributed by atoms with van der Waals surface area (Å²) in [6, 6.07) is -3.42. The van der Waals surface area contributed by atoms with Crippen molar-refractivity contribution in [3.8, 4) is 0 Å². The zero-order chi connectivity index (χ0) is 34.5. The third-order valence-electron chi connectivity index (χ3n) is 11.6. The first-order valence-electron chi connectivity index (χ1n) is 17.7. The molecule has 3 aliphatic carbocycles. The van der Waals surface area contributed by atoms with Gasteiger partial charge >= 0.3 is 6.03 Å². The van der Waals surface area contributed by atoms with E-state index in [0.29, 0.717) is 38.6 Å². The maximum absolute atomic E-state index is 14.4. The van der Waals surface area contributed by atoms with Gasteiger partial charge in [0.1, 0.15) is 12.1 Å². The van der Waals surface area contributed by atoms with Gasteiger partial charge in [0.05, 0.1) is 22.6 Å². The van der Waals surface area contributed by atoms with Crippen molar-refractivity contribution in [1.82, 2.24) is 26.2 Å². The molecular weight excluding hydrogens is 622 g/mol. The van der Waals surface area contributed by atoms with E-state index in [1.807, 2.05) is 27.7 Å². The lowest BCUT2D eigenvalue weighted by molar-refractivity contribution is -0.145. The van der Waals surface area contributed by atoms with Crippen LogP contribution >= 0.6 is 0 Å². The summed E-state index contributed by atoms with van der Waals surface area (Å²) < 4.78 is 25.4. The number of carbonyl (C=O) groups excluding carboxylic acids is 5. The van der Waals surface area contributed by atoms with E-state index in [1.165, 1.54) is 0 Å². The van der Waals surface area contributed by atoms with Gasteiger partial charge in [0.15, 0.2) is 9.84 Å². The number of piperidine rings is 1. The summed E-state index contributed by atoms with van der Waals surface area (Å²) in [5.41, 5.74) is -1.78. The Balaban J connectivity index is 1.33. The average molecular weight is 678 g/mol. The Morgan fingerprint density at radius 2 is 1.62 bits per heavy atom. The molecule has 12 nitrogen and oxygen atoms in total. The topological polar surface area (TPSA) is 171 Å². The van der Waals surface area contributed by atoms with Crippen LogP contribution in [0.1, 0.15) is 112 Å². The van der Waals surface area contributed by atoms with E-state index in [2.05, 4.69) is 35.1 Å². The normalized spacial score (nSPS) is 29.7. The van der Waals surface area contributed by atoms with Gasteiger partial charge in [-0.3, -0.25) is 19.2 Å². The van der Waals surface area contributed by atoms with Gasteiger partial charge in [-0.15, -0.1) is 0 Å². The highest BCUT2D eigenvalue weighted by atomic mass is 32.2. The SMILES string of the molecule is CCCC[C@H](NC(=O)[C@@H]1[C@@H]2[C@H](CN1C(=O)[C@@H](NC(=O)NC1([C@H]3CCS3(=O)=O)CCCCC1)C(C)(C)C)C2(C)C)C(=O)C(=O)NC1CC1. The van der Waals surface area contributed by atoms with Gasteiger partial charge in [0.2, 0.25) is 17.6 Å². The van der Waals surface area contributed by atoms with E-state index in [1.54, 1.807) is 4.90 Å². The number of amides is 5. The van der Waals surface area contributed by atoms with E-state index in [9.17, 15) is 32.4 Å². The Bertz CT molecular complexity index is 1380. The van der Waals surface area contributed by atoms with Crippen LogP contribution in [0.5, 0.6) is 0 Å². The standard InChI is InChI=1S/C34H55N5O7S/c1-7-8-12-22(26(40)29(42)35-20-13-14-20)36-28(41)25-24-21(33(24,5)6)19-39(25)30(43)27(32(2,3)4)37-31(44)38-34(16-10-9-11-17-34)23-15-18-47(23,45)46/h20-25,27H,7-19H2,1-6H3,(H,35,42)(H,36,41)(H2,37,38,44)/t21-,22-,23+,24-,25-,27+/m0/s1. The van der Waals surface area contributed by atoms with Gasteiger partial charge in [0, 0.05) is 12.6 Å². The molecule has 0 radical (unpaired) electrons. The van der Waals surface area contributed by atoms with Crippen LogP contribution < -0.4 is 21.3 Å². The van der Waals surface area contributed by atoms with Crippen molar-refractivity contribution < 1.29 is 32.4 Å². The molecule has 0 aromatic rings. The molecule has 6 atom stereocenters. The molecule has 5 rings (SSSR count). The molecule has 3 saturated carbocycles. The van der Waals surface area contributed by atoms with Crippen LogP contribution in [-0.2, 0) is 29.0 Å². The summed E-state index contributed by atoms with van der Waals surface area (Å²) in [6.07, 6.45) is 7.70. The number of nitrogens with zero attached hydrogens (tertiary/aromatic N) is 1. The number of hydrogen-bond acceptors (Lipinski definition) is 7. The quantitative estimate of drug-likeness (QED) is 0.230. The summed E-state index contributed by atoms with van der Waals surface area (Å²) in [5.74, 6) is -2.14. The van der Waals surface area contributed by atoms with E-state index < -0.39 is 73.7 Å². The summed E-state index contributed by atoms with van der Waals surface area (Å²) in [7, 11) is -3.28. The minimum Gasteiger partial charge on any atom is -0.347 e. The van der Waals surface area contributed by atoms with Crippen LogP contribution in [0.25, 0.3) is 0 Å². The highest BCUT2D eigenvalue weighted by molar-refractivity contribution is 7.93. The van der Waals surface area contributed by atoms with Crippen LogP contribution in [-0.4, -0.2) is 90.1 Å². The fourth-order valence-corrected chi connectivity index (χ4v) is 10.2. The first-order chi connectivity index (χ1) is 21.9. The number of unbranched alkanes of at least 4 members (excludes halogenated alkanes) is 1. The molecular formula is C34H55N5O7S. The number of likely N-dealkylation sites (tertiary alicyclic amines) is 1. The molecule has 13 heteroatoms. The van der Waals surface area contributed by atoms with Crippen LogP contribution in [0.3, 0.4) is 0 Å². The zero-order valence-corrected chi connectivity index (χ0v) is 29.8. The van der Waals surface area contributed by atoms with Gasteiger partial charge in [-0.1, -0.05) is 73.6 Å². The van der Waals surface area contributed by atoms with E-state index >= 15 is 0 Å². The molecule has 2 saturated heterocycles. The molecule has 0 spiro atoms. The summed E-state index contributed by atoms with van der Waals surface area (Å²) >= 11 is 0. The van der Waals surface area contributed by atoms with Crippen molar-refractivity contribution >= 4 is 39.4 Å². The Morgan fingerprint density at radius 1 is 0.957 bits per heavy atom. The highest BCUT2D eigenvalue weighted by Gasteiger charge is 2.70. The van der Waals surface area contributed by atoms with Crippen molar-refractivity contribution in [1.29, 1.82) is 0 Å².